The van der Waals surface area contributed by atoms with Crippen LogP contribution in [-0.2, 0) is 16.4 Å². The fourth-order valence-corrected chi connectivity index (χ4v) is 3.81. The number of nitrogens with one attached hydrogen (secondary N) is 1. The zero-order valence-electron chi connectivity index (χ0n) is 10.4. The second-order valence-corrected chi connectivity index (χ2v) is 6.44. The molecule has 3 nitrogen and oxygen atoms in total. The van der Waals surface area contributed by atoms with Crippen molar-refractivity contribution in [2.75, 3.05) is 0 Å². The SMILES string of the molecule is O=S(=O)(N[C@H]1CCc2ccccc21)c1ccccc1. The first-order valence-corrected chi connectivity index (χ1v) is 7.80. The molecule has 2 aromatic rings. The highest BCUT2D eigenvalue weighted by Gasteiger charge is 2.26. The van der Waals surface area contributed by atoms with Gasteiger partial charge in [-0.05, 0) is 36.1 Å². The molecular weight excluding hydrogens is 258 g/mol. The third-order valence-electron chi connectivity index (χ3n) is 3.48. The first-order valence-electron chi connectivity index (χ1n) is 6.32. The molecule has 0 amide bonds. The molecule has 0 spiro atoms. The van der Waals surface area contributed by atoms with E-state index in [0.717, 1.165) is 18.4 Å². The van der Waals surface area contributed by atoms with Crippen LogP contribution in [-0.4, -0.2) is 8.42 Å². The molecule has 4 heteroatoms. The molecule has 19 heavy (non-hydrogen) atoms. The van der Waals surface area contributed by atoms with Crippen molar-refractivity contribution in [2.24, 2.45) is 0 Å². The van der Waals surface area contributed by atoms with Gasteiger partial charge in [-0.2, -0.15) is 0 Å². The van der Waals surface area contributed by atoms with Gasteiger partial charge in [0.2, 0.25) is 10.0 Å². The summed E-state index contributed by atoms with van der Waals surface area (Å²) < 4.78 is 27.4. The Morgan fingerprint density at radius 2 is 1.63 bits per heavy atom. The second-order valence-electron chi connectivity index (χ2n) is 4.72. The number of hydrogen-bond acceptors (Lipinski definition) is 2. The molecule has 0 unspecified atom stereocenters. The first kappa shape index (κ1) is 12.4. The van der Waals surface area contributed by atoms with Crippen molar-refractivity contribution < 1.29 is 8.42 Å². The maximum Gasteiger partial charge on any atom is 0.241 e. The predicted molar refractivity (Wildman–Crippen MR) is 74.3 cm³/mol. The van der Waals surface area contributed by atoms with E-state index in [2.05, 4.69) is 10.8 Å². The van der Waals surface area contributed by atoms with Gasteiger partial charge in [-0.3, -0.25) is 0 Å². The molecule has 0 saturated heterocycles. The lowest BCUT2D eigenvalue weighted by Gasteiger charge is -2.14. The van der Waals surface area contributed by atoms with Crippen LogP contribution in [0.5, 0.6) is 0 Å². The van der Waals surface area contributed by atoms with E-state index in [1.165, 1.54) is 5.56 Å². The Balaban J connectivity index is 1.88. The highest BCUT2D eigenvalue weighted by atomic mass is 32.2. The zero-order valence-corrected chi connectivity index (χ0v) is 11.2. The minimum absolute atomic E-state index is 0.110. The summed E-state index contributed by atoms with van der Waals surface area (Å²) in [6, 6.07) is 16.4. The Morgan fingerprint density at radius 1 is 0.947 bits per heavy atom. The van der Waals surface area contributed by atoms with Gasteiger partial charge in [-0.25, -0.2) is 13.1 Å². The van der Waals surface area contributed by atoms with E-state index in [4.69, 9.17) is 0 Å². The van der Waals surface area contributed by atoms with Crippen molar-refractivity contribution in [2.45, 2.75) is 23.8 Å². The topological polar surface area (TPSA) is 46.2 Å². The van der Waals surface area contributed by atoms with Crippen molar-refractivity contribution in [3.63, 3.8) is 0 Å². The summed E-state index contributed by atoms with van der Waals surface area (Å²) in [5.41, 5.74) is 2.34. The van der Waals surface area contributed by atoms with Gasteiger partial charge in [-0.1, -0.05) is 42.5 Å². The molecule has 1 aliphatic carbocycles. The summed E-state index contributed by atoms with van der Waals surface area (Å²) in [5, 5.41) is 0. The summed E-state index contributed by atoms with van der Waals surface area (Å²) in [6.07, 6.45) is 1.75. The fraction of sp³-hybridized carbons (Fsp3) is 0.200. The van der Waals surface area contributed by atoms with Crippen LogP contribution in [0.4, 0.5) is 0 Å². The minimum atomic E-state index is -3.44. The van der Waals surface area contributed by atoms with Crippen molar-refractivity contribution in [1.29, 1.82) is 0 Å². The Bertz CT molecular complexity index is 680. The summed E-state index contributed by atoms with van der Waals surface area (Å²) in [4.78, 5) is 0.319. The Hall–Kier alpha value is -1.65. The minimum Gasteiger partial charge on any atom is -0.207 e. The molecule has 2 aromatic carbocycles. The van der Waals surface area contributed by atoms with E-state index in [1.807, 2.05) is 24.3 Å². The molecule has 0 bridgehead atoms. The Kier molecular flexibility index (Phi) is 3.12. The molecule has 1 atom stereocenters. The molecule has 0 aromatic heterocycles. The molecule has 0 radical (unpaired) electrons. The van der Waals surface area contributed by atoms with Gasteiger partial charge in [0.15, 0.2) is 0 Å². The van der Waals surface area contributed by atoms with Crippen molar-refractivity contribution in [3.8, 4) is 0 Å². The number of hydrogen-bond donors (Lipinski definition) is 1. The van der Waals surface area contributed by atoms with Crippen molar-refractivity contribution >= 4 is 10.0 Å². The zero-order chi connectivity index (χ0) is 13.3. The lowest BCUT2D eigenvalue weighted by atomic mass is 10.1. The second kappa shape index (κ2) is 4.79. The molecule has 98 valence electrons. The summed E-state index contributed by atoms with van der Waals surface area (Å²) in [5.74, 6) is 0. The van der Waals surface area contributed by atoms with Crippen molar-refractivity contribution in [1.82, 2.24) is 4.72 Å². The Labute approximate surface area is 113 Å². The average molecular weight is 273 g/mol. The third kappa shape index (κ3) is 2.41. The van der Waals surface area contributed by atoms with Gasteiger partial charge in [-0.15, -0.1) is 0 Å². The number of fused-ring (bicyclic) bond motifs is 1. The molecule has 0 aliphatic heterocycles. The van der Waals surface area contributed by atoms with Crippen LogP contribution in [0.1, 0.15) is 23.6 Å². The molecule has 1 aliphatic rings. The van der Waals surface area contributed by atoms with Gasteiger partial charge in [0.25, 0.3) is 0 Å². The van der Waals surface area contributed by atoms with Crippen LogP contribution in [0.3, 0.4) is 0 Å². The van der Waals surface area contributed by atoms with Crippen molar-refractivity contribution in [3.05, 3.63) is 65.7 Å². The number of rotatable bonds is 3. The quantitative estimate of drug-likeness (QED) is 0.934. The van der Waals surface area contributed by atoms with Crippen LogP contribution in [0.15, 0.2) is 59.5 Å². The summed E-state index contributed by atoms with van der Waals surface area (Å²) in [7, 11) is -3.44. The molecular formula is C15H15NO2S. The molecule has 0 saturated carbocycles. The molecule has 1 N–H and O–H groups in total. The third-order valence-corrected chi connectivity index (χ3v) is 4.97. The molecule has 0 heterocycles. The maximum absolute atomic E-state index is 12.3. The Morgan fingerprint density at radius 3 is 2.42 bits per heavy atom. The monoisotopic (exact) mass is 273 g/mol. The van der Waals surface area contributed by atoms with E-state index in [0.29, 0.717) is 4.90 Å². The maximum atomic E-state index is 12.3. The van der Waals surface area contributed by atoms with Gasteiger partial charge in [0.05, 0.1) is 4.90 Å². The van der Waals surface area contributed by atoms with E-state index in [-0.39, 0.29) is 6.04 Å². The van der Waals surface area contributed by atoms with Crippen LogP contribution < -0.4 is 4.72 Å². The van der Waals surface area contributed by atoms with Gasteiger partial charge in [0, 0.05) is 6.04 Å². The van der Waals surface area contributed by atoms with Crippen LogP contribution >= 0.6 is 0 Å². The number of aryl methyl sites for hydroxylation is 1. The summed E-state index contributed by atoms with van der Waals surface area (Å²) >= 11 is 0. The molecule has 0 fully saturated rings. The van der Waals surface area contributed by atoms with Crippen LogP contribution in [0, 0.1) is 0 Å². The molecule has 3 rings (SSSR count). The van der Waals surface area contributed by atoms with E-state index in [9.17, 15) is 8.42 Å². The normalized spacial score (nSPS) is 18.2. The fourth-order valence-electron chi connectivity index (χ4n) is 2.53. The smallest absolute Gasteiger partial charge is 0.207 e. The number of sulfonamides is 1. The van der Waals surface area contributed by atoms with E-state index < -0.39 is 10.0 Å². The lowest BCUT2D eigenvalue weighted by molar-refractivity contribution is 0.554. The standard InChI is InChI=1S/C15H15NO2S/c17-19(18,13-7-2-1-3-8-13)16-15-11-10-12-6-4-5-9-14(12)15/h1-9,15-16H,10-11H2/t15-/m0/s1. The van der Waals surface area contributed by atoms with E-state index in [1.54, 1.807) is 24.3 Å². The number of benzene rings is 2. The van der Waals surface area contributed by atoms with Gasteiger partial charge < -0.3 is 0 Å². The average Bonchev–Trinajstić information content (AvgIpc) is 2.83. The van der Waals surface area contributed by atoms with Gasteiger partial charge >= 0.3 is 0 Å². The van der Waals surface area contributed by atoms with E-state index >= 15 is 0 Å². The first-order chi connectivity index (χ1) is 9.17. The lowest BCUT2D eigenvalue weighted by Crippen LogP contribution is -2.27. The highest BCUT2D eigenvalue weighted by molar-refractivity contribution is 7.89. The van der Waals surface area contributed by atoms with Crippen LogP contribution in [0.2, 0.25) is 0 Å². The predicted octanol–water partition coefficient (Wildman–Crippen LogP) is 2.65. The largest absolute Gasteiger partial charge is 0.241 e. The summed E-state index contributed by atoms with van der Waals surface area (Å²) in [6.45, 7) is 0. The van der Waals surface area contributed by atoms with Gasteiger partial charge in [0.1, 0.15) is 0 Å². The highest BCUT2D eigenvalue weighted by Crippen LogP contribution is 2.31. The van der Waals surface area contributed by atoms with Crippen LogP contribution in [0.25, 0.3) is 0 Å².